The van der Waals surface area contributed by atoms with Crippen LogP contribution < -0.4 is 10.5 Å². The number of sulfonamides is 1. The molecule has 3 rings (SSSR count). The first-order valence-corrected chi connectivity index (χ1v) is 11.3. The Hall–Kier alpha value is -2.23. The van der Waals surface area contributed by atoms with Crippen LogP contribution in [0.15, 0.2) is 46.9 Å². The highest BCUT2D eigenvalue weighted by atomic mass is 32.2. The molecule has 0 bridgehead atoms. The topological polar surface area (TPSA) is 113 Å². The molecule has 1 aromatic rings. The Kier molecular flexibility index (Phi) is 6.71. The van der Waals surface area contributed by atoms with E-state index in [1.54, 1.807) is 34.1 Å². The van der Waals surface area contributed by atoms with Crippen LogP contribution in [0.5, 0.6) is 0 Å². The first-order valence-electron chi connectivity index (χ1n) is 9.82. The van der Waals surface area contributed by atoms with Crippen molar-refractivity contribution in [2.45, 2.75) is 43.2 Å². The molecular weight excluding hydrogens is 392 g/mol. The molecule has 0 unspecified atom stereocenters. The molecule has 1 aromatic carbocycles. The molecule has 2 aliphatic rings. The van der Waals surface area contributed by atoms with E-state index in [1.807, 2.05) is 6.92 Å². The number of hydrogen-bond acceptors (Lipinski definition) is 5. The first-order chi connectivity index (χ1) is 13.8. The number of nitrogens with zero attached hydrogens (tertiary/aromatic N) is 2. The number of nitrogens with one attached hydrogen (secondary N) is 1. The quantitative estimate of drug-likeness (QED) is 0.634. The standard InChI is InChI=1S/C20H28N4O4S/c1-15-10-19(25)23(13-15)14-16(21)11-20(26)24-9-5-6-17(24)12-22-29(27,28)18-7-3-2-4-8-18/h2-4,7-8,10,16-17,22H,5-6,9,11-14,21H2,1H3/t16-,17-/m0/s1. The highest BCUT2D eigenvalue weighted by Gasteiger charge is 2.31. The summed E-state index contributed by atoms with van der Waals surface area (Å²) in [5.74, 6) is -0.171. The van der Waals surface area contributed by atoms with Crippen LogP contribution in [0.25, 0.3) is 0 Å². The van der Waals surface area contributed by atoms with Crippen molar-refractivity contribution in [3.05, 3.63) is 42.0 Å². The highest BCUT2D eigenvalue weighted by molar-refractivity contribution is 7.89. The van der Waals surface area contributed by atoms with E-state index in [-0.39, 0.29) is 35.7 Å². The monoisotopic (exact) mass is 420 g/mol. The summed E-state index contributed by atoms with van der Waals surface area (Å²) in [5.41, 5.74) is 7.10. The lowest BCUT2D eigenvalue weighted by Gasteiger charge is -2.27. The summed E-state index contributed by atoms with van der Waals surface area (Å²) in [5, 5.41) is 0. The molecule has 2 heterocycles. The SMILES string of the molecule is CC1=CC(=O)N(C[C@@H](N)CC(=O)N2CCC[C@H]2CNS(=O)(=O)c2ccccc2)C1. The number of carbonyl (C=O) groups is 2. The third kappa shape index (κ3) is 5.43. The minimum Gasteiger partial charge on any atom is -0.338 e. The van der Waals surface area contributed by atoms with Crippen LogP contribution in [-0.2, 0) is 19.6 Å². The van der Waals surface area contributed by atoms with Crippen LogP contribution in [0.1, 0.15) is 26.2 Å². The van der Waals surface area contributed by atoms with Crippen molar-refractivity contribution in [3.63, 3.8) is 0 Å². The molecule has 1 saturated heterocycles. The minimum absolute atomic E-state index is 0.0697. The number of nitrogens with two attached hydrogens (primary N) is 1. The van der Waals surface area contributed by atoms with E-state index in [9.17, 15) is 18.0 Å². The van der Waals surface area contributed by atoms with Gasteiger partial charge in [-0.2, -0.15) is 0 Å². The third-order valence-corrected chi connectivity index (χ3v) is 6.71. The number of rotatable bonds is 8. The smallest absolute Gasteiger partial charge is 0.246 e. The van der Waals surface area contributed by atoms with Gasteiger partial charge >= 0.3 is 0 Å². The van der Waals surface area contributed by atoms with E-state index >= 15 is 0 Å². The second-order valence-electron chi connectivity index (χ2n) is 7.72. The molecule has 9 heteroatoms. The van der Waals surface area contributed by atoms with E-state index < -0.39 is 16.1 Å². The van der Waals surface area contributed by atoms with Crippen LogP contribution in [0.4, 0.5) is 0 Å². The van der Waals surface area contributed by atoms with E-state index in [0.29, 0.717) is 19.6 Å². The molecule has 0 aromatic heterocycles. The summed E-state index contributed by atoms with van der Waals surface area (Å²) in [4.78, 5) is 28.1. The Labute approximate surface area is 171 Å². The van der Waals surface area contributed by atoms with Crippen LogP contribution >= 0.6 is 0 Å². The minimum atomic E-state index is -3.61. The van der Waals surface area contributed by atoms with Crippen LogP contribution in [0, 0.1) is 0 Å². The molecule has 158 valence electrons. The number of carbonyl (C=O) groups excluding carboxylic acids is 2. The average molecular weight is 421 g/mol. The number of likely N-dealkylation sites (tertiary alicyclic amines) is 1. The first kappa shape index (κ1) is 21.5. The molecule has 2 aliphatic heterocycles. The van der Waals surface area contributed by atoms with E-state index in [1.165, 1.54) is 12.1 Å². The maximum atomic E-state index is 12.7. The fourth-order valence-electron chi connectivity index (χ4n) is 3.84. The lowest BCUT2D eigenvalue weighted by Crippen LogP contribution is -2.46. The predicted octanol–water partition coefficient (Wildman–Crippen LogP) is 0.462. The van der Waals surface area contributed by atoms with Gasteiger partial charge in [-0.25, -0.2) is 13.1 Å². The van der Waals surface area contributed by atoms with Gasteiger partial charge in [-0.3, -0.25) is 9.59 Å². The Bertz CT molecular complexity index is 885. The summed E-state index contributed by atoms with van der Waals surface area (Å²) in [6.45, 7) is 3.53. The van der Waals surface area contributed by atoms with Gasteiger partial charge in [0.1, 0.15) is 0 Å². The van der Waals surface area contributed by atoms with E-state index in [2.05, 4.69) is 4.72 Å². The van der Waals surface area contributed by atoms with E-state index in [0.717, 1.165) is 18.4 Å². The Morgan fingerprint density at radius 2 is 2.03 bits per heavy atom. The van der Waals surface area contributed by atoms with Gasteiger partial charge in [0.15, 0.2) is 0 Å². The van der Waals surface area contributed by atoms with Gasteiger partial charge in [-0.05, 0) is 37.5 Å². The second-order valence-corrected chi connectivity index (χ2v) is 9.49. The van der Waals surface area contributed by atoms with Crippen molar-refractivity contribution in [1.29, 1.82) is 0 Å². The van der Waals surface area contributed by atoms with Gasteiger partial charge in [0.05, 0.1) is 4.90 Å². The summed E-state index contributed by atoms with van der Waals surface area (Å²) < 4.78 is 27.4. The average Bonchev–Trinajstić information content (AvgIpc) is 3.27. The van der Waals surface area contributed by atoms with Gasteiger partial charge < -0.3 is 15.5 Å². The van der Waals surface area contributed by atoms with Crippen LogP contribution in [0.3, 0.4) is 0 Å². The van der Waals surface area contributed by atoms with Crippen molar-refractivity contribution in [2.24, 2.45) is 5.73 Å². The largest absolute Gasteiger partial charge is 0.338 e. The molecule has 0 spiro atoms. The molecular formula is C20H28N4O4S. The van der Waals surface area contributed by atoms with Crippen molar-refractivity contribution in [3.8, 4) is 0 Å². The Balaban J connectivity index is 1.52. The zero-order chi connectivity index (χ0) is 21.0. The fourth-order valence-corrected chi connectivity index (χ4v) is 4.93. The lowest BCUT2D eigenvalue weighted by atomic mass is 10.1. The summed E-state index contributed by atoms with van der Waals surface area (Å²) >= 11 is 0. The van der Waals surface area contributed by atoms with Crippen LogP contribution in [-0.4, -0.2) is 68.3 Å². The molecule has 0 saturated carbocycles. The van der Waals surface area contributed by atoms with Crippen molar-refractivity contribution >= 4 is 21.8 Å². The van der Waals surface area contributed by atoms with Gasteiger partial charge in [0.2, 0.25) is 21.8 Å². The Morgan fingerprint density at radius 1 is 1.31 bits per heavy atom. The number of benzene rings is 1. The summed E-state index contributed by atoms with van der Waals surface area (Å²) in [7, 11) is -3.61. The summed E-state index contributed by atoms with van der Waals surface area (Å²) in [6, 6.07) is 7.53. The van der Waals surface area contributed by atoms with Gasteiger partial charge in [-0.15, -0.1) is 0 Å². The normalized spacial score (nSPS) is 20.8. The zero-order valence-electron chi connectivity index (χ0n) is 16.6. The van der Waals surface area contributed by atoms with Gasteiger partial charge in [-0.1, -0.05) is 18.2 Å². The fraction of sp³-hybridized carbons (Fsp3) is 0.500. The summed E-state index contributed by atoms with van der Waals surface area (Å²) in [6.07, 6.45) is 3.28. The van der Waals surface area contributed by atoms with Gasteiger partial charge in [0, 0.05) is 50.8 Å². The molecule has 8 nitrogen and oxygen atoms in total. The molecule has 0 radical (unpaired) electrons. The van der Waals surface area contributed by atoms with Crippen molar-refractivity contribution in [1.82, 2.24) is 14.5 Å². The molecule has 2 atom stereocenters. The van der Waals surface area contributed by atoms with Gasteiger partial charge in [0.25, 0.3) is 0 Å². The number of amides is 2. The second kappa shape index (κ2) is 9.06. The number of hydrogen-bond donors (Lipinski definition) is 2. The molecule has 1 fully saturated rings. The molecule has 0 aliphatic carbocycles. The zero-order valence-corrected chi connectivity index (χ0v) is 17.4. The Morgan fingerprint density at radius 3 is 2.69 bits per heavy atom. The van der Waals surface area contributed by atoms with Crippen LogP contribution in [0.2, 0.25) is 0 Å². The predicted molar refractivity (Wildman–Crippen MR) is 109 cm³/mol. The van der Waals surface area contributed by atoms with Crippen molar-refractivity contribution < 1.29 is 18.0 Å². The molecule has 2 amide bonds. The lowest BCUT2D eigenvalue weighted by molar-refractivity contribution is -0.133. The molecule has 3 N–H and O–H groups in total. The van der Waals surface area contributed by atoms with E-state index in [4.69, 9.17) is 5.73 Å². The molecule has 29 heavy (non-hydrogen) atoms. The van der Waals surface area contributed by atoms with Crippen molar-refractivity contribution in [2.75, 3.05) is 26.2 Å². The maximum Gasteiger partial charge on any atom is 0.246 e. The maximum absolute atomic E-state index is 12.7. The third-order valence-electron chi connectivity index (χ3n) is 5.27. The highest BCUT2D eigenvalue weighted by Crippen LogP contribution is 2.19.